The molecule has 0 fully saturated rings. The summed E-state index contributed by atoms with van der Waals surface area (Å²) >= 11 is 0. The Kier molecular flexibility index (Phi) is 4.44. The summed E-state index contributed by atoms with van der Waals surface area (Å²) in [6.45, 7) is 9.70. The molecule has 0 aliphatic rings. The predicted octanol–water partition coefficient (Wildman–Crippen LogP) is 2.21. The summed E-state index contributed by atoms with van der Waals surface area (Å²) in [6, 6.07) is 1.20. The van der Waals surface area contributed by atoms with Gasteiger partial charge in [0.05, 0.1) is 0 Å². The molecule has 0 unspecified atom stereocenters. The molecule has 0 saturated heterocycles. The van der Waals surface area contributed by atoms with E-state index < -0.39 is 8.32 Å². The summed E-state index contributed by atoms with van der Waals surface area (Å²) in [6.07, 6.45) is 1.18. The first-order chi connectivity index (χ1) is 5.33. The van der Waals surface area contributed by atoms with Crippen molar-refractivity contribution in [2.24, 2.45) is 11.1 Å². The Labute approximate surface area is 77.6 Å². The first-order valence-corrected chi connectivity index (χ1v) is 7.70. The molecule has 0 aromatic rings. The van der Waals surface area contributed by atoms with E-state index in [9.17, 15) is 0 Å². The normalized spacial score (nSPS) is 13.5. The van der Waals surface area contributed by atoms with Crippen LogP contribution in [0.25, 0.3) is 0 Å². The van der Waals surface area contributed by atoms with Crippen LogP contribution in [0.3, 0.4) is 0 Å². The van der Waals surface area contributed by atoms with Crippen LogP contribution in [-0.2, 0) is 4.43 Å². The molecule has 0 rings (SSSR count). The fourth-order valence-corrected chi connectivity index (χ4v) is 2.33. The summed E-state index contributed by atoms with van der Waals surface area (Å²) in [5.41, 5.74) is 5.93. The molecule has 0 radical (unpaired) electrons. The zero-order valence-electron chi connectivity index (χ0n) is 9.11. The fourth-order valence-electron chi connectivity index (χ4n) is 0.844. The second-order valence-electron chi connectivity index (χ2n) is 4.83. The molecule has 0 atom stereocenters. The van der Waals surface area contributed by atoms with Crippen LogP contribution in [0.2, 0.25) is 19.1 Å². The van der Waals surface area contributed by atoms with E-state index in [0.29, 0.717) is 0 Å². The van der Waals surface area contributed by atoms with Crippen molar-refractivity contribution in [1.82, 2.24) is 0 Å². The Balaban J connectivity index is 3.82. The van der Waals surface area contributed by atoms with E-state index >= 15 is 0 Å². The van der Waals surface area contributed by atoms with E-state index in [1.165, 1.54) is 12.5 Å². The second-order valence-corrected chi connectivity index (χ2v) is 9.26. The highest BCUT2D eigenvalue weighted by atomic mass is 28.4. The molecule has 2 N–H and O–H groups in total. The van der Waals surface area contributed by atoms with Gasteiger partial charge in [0.15, 0.2) is 8.32 Å². The third kappa shape index (κ3) is 4.90. The Morgan fingerprint density at radius 3 is 2.17 bits per heavy atom. The van der Waals surface area contributed by atoms with Gasteiger partial charge in [-0.3, -0.25) is 0 Å². The standard InChI is InChI=1S/C9H23NOSi/c1-9(2,8-10)6-7-12(4,5)11-3/h6-8,10H2,1-5H3. The van der Waals surface area contributed by atoms with E-state index in [1.54, 1.807) is 0 Å². The lowest BCUT2D eigenvalue weighted by Gasteiger charge is -2.27. The summed E-state index contributed by atoms with van der Waals surface area (Å²) in [4.78, 5) is 0. The van der Waals surface area contributed by atoms with Crippen molar-refractivity contribution in [3.63, 3.8) is 0 Å². The van der Waals surface area contributed by atoms with Crippen molar-refractivity contribution in [2.75, 3.05) is 13.7 Å². The van der Waals surface area contributed by atoms with Crippen LogP contribution >= 0.6 is 0 Å². The molecule has 0 aliphatic carbocycles. The van der Waals surface area contributed by atoms with Crippen molar-refractivity contribution < 1.29 is 4.43 Å². The molecule has 0 spiro atoms. The van der Waals surface area contributed by atoms with E-state index in [2.05, 4.69) is 26.9 Å². The van der Waals surface area contributed by atoms with E-state index in [4.69, 9.17) is 10.2 Å². The predicted molar refractivity (Wildman–Crippen MR) is 56.8 cm³/mol. The van der Waals surface area contributed by atoms with Crippen molar-refractivity contribution in [1.29, 1.82) is 0 Å². The van der Waals surface area contributed by atoms with Crippen LogP contribution < -0.4 is 5.73 Å². The van der Waals surface area contributed by atoms with Crippen LogP contribution in [-0.4, -0.2) is 22.0 Å². The molecule has 74 valence electrons. The molecule has 0 heterocycles. The number of hydrogen-bond donors (Lipinski definition) is 1. The lowest BCUT2D eigenvalue weighted by atomic mass is 9.91. The van der Waals surface area contributed by atoms with Crippen molar-refractivity contribution in [2.45, 2.75) is 39.4 Å². The molecular weight excluding hydrogens is 166 g/mol. The fraction of sp³-hybridized carbons (Fsp3) is 1.00. The maximum Gasteiger partial charge on any atom is 0.186 e. The first-order valence-electron chi connectivity index (χ1n) is 4.58. The van der Waals surface area contributed by atoms with Crippen LogP contribution in [0, 0.1) is 5.41 Å². The zero-order chi connectivity index (χ0) is 9.83. The molecule has 0 aromatic carbocycles. The highest BCUT2D eigenvalue weighted by molar-refractivity contribution is 6.71. The molecule has 0 aliphatic heterocycles. The minimum absolute atomic E-state index is 0.281. The lowest BCUT2D eigenvalue weighted by molar-refractivity contribution is 0.343. The minimum Gasteiger partial charge on any atom is -0.420 e. The van der Waals surface area contributed by atoms with Gasteiger partial charge < -0.3 is 10.2 Å². The number of hydrogen-bond acceptors (Lipinski definition) is 2. The van der Waals surface area contributed by atoms with E-state index in [1.807, 2.05) is 7.11 Å². The van der Waals surface area contributed by atoms with Crippen LogP contribution in [0.1, 0.15) is 20.3 Å². The molecule has 3 heteroatoms. The maximum atomic E-state index is 5.65. The lowest BCUT2D eigenvalue weighted by Crippen LogP contribution is -2.32. The van der Waals surface area contributed by atoms with Gasteiger partial charge in [0.1, 0.15) is 0 Å². The maximum absolute atomic E-state index is 5.65. The third-order valence-electron chi connectivity index (χ3n) is 2.51. The summed E-state index contributed by atoms with van der Waals surface area (Å²) in [5, 5.41) is 0. The molecule has 12 heavy (non-hydrogen) atoms. The van der Waals surface area contributed by atoms with Gasteiger partial charge in [0.25, 0.3) is 0 Å². The molecule has 2 nitrogen and oxygen atoms in total. The first kappa shape index (κ1) is 12.1. The topological polar surface area (TPSA) is 35.2 Å². The molecule has 0 bridgehead atoms. The summed E-state index contributed by atoms with van der Waals surface area (Å²) in [5.74, 6) is 0. The Hall–Kier alpha value is 0.137. The van der Waals surface area contributed by atoms with Gasteiger partial charge >= 0.3 is 0 Å². The Morgan fingerprint density at radius 2 is 1.83 bits per heavy atom. The molecule has 0 aromatic heterocycles. The van der Waals surface area contributed by atoms with E-state index in [0.717, 1.165) is 6.54 Å². The van der Waals surface area contributed by atoms with Gasteiger partial charge in [-0.2, -0.15) is 0 Å². The average molecular weight is 189 g/mol. The van der Waals surface area contributed by atoms with Gasteiger partial charge in [-0.15, -0.1) is 0 Å². The quantitative estimate of drug-likeness (QED) is 0.673. The summed E-state index contributed by atoms with van der Waals surface area (Å²) in [7, 11) is 0.462. The number of rotatable bonds is 5. The Morgan fingerprint density at radius 1 is 1.33 bits per heavy atom. The summed E-state index contributed by atoms with van der Waals surface area (Å²) < 4.78 is 5.48. The highest BCUT2D eigenvalue weighted by Gasteiger charge is 2.25. The molecule has 0 amide bonds. The highest BCUT2D eigenvalue weighted by Crippen LogP contribution is 2.25. The smallest absolute Gasteiger partial charge is 0.186 e. The molecular formula is C9H23NOSi. The Bertz CT molecular complexity index is 118. The largest absolute Gasteiger partial charge is 0.420 e. The van der Waals surface area contributed by atoms with Crippen LogP contribution in [0.4, 0.5) is 0 Å². The van der Waals surface area contributed by atoms with Gasteiger partial charge in [0, 0.05) is 7.11 Å². The van der Waals surface area contributed by atoms with Gasteiger partial charge in [-0.25, -0.2) is 0 Å². The van der Waals surface area contributed by atoms with Gasteiger partial charge in [-0.05, 0) is 37.5 Å². The zero-order valence-corrected chi connectivity index (χ0v) is 10.1. The third-order valence-corrected chi connectivity index (χ3v) is 5.07. The monoisotopic (exact) mass is 189 g/mol. The number of nitrogens with two attached hydrogens (primary N) is 1. The van der Waals surface area contributed by atoms with Crippen molar-refractivity contribution in [3.05, 3.63) is 0 Å². The molecule has 0 saturated carbocycles. The van der Waals surface area contributed by atoms with Crippen LogP contribution in [0.5, 0.6) is 0 Å². The SMILES string of the molecule is CO[Si](C)(C)CCC(C)(C)CN. The van der Waals surface area contributed by atoms with E-state index in [-0.39, 0.29) is 5.41 Å². The minimum atomic E-state index is -1.36. The van der Waals surface area contributed by atoms with Gasteiger partial charge in [-0.1, -0.05) is 13.8 Å². The van der Waals surface area contributed by atoms with Crippen LogP contribution in [0.15, 0.2) is 0 Å². The van der Waals surface area contributed by atoms with Gasteiger partial charge in [0.2, 0.25) is 0 Å². The van der Waals surface area contributed by atoms with Crippen molar-refractivity contribution >= 4 is 8.32 Å². The second kappa shape index (κ2) is 4.39. The average Bonchev–Trinajstić information content (AvgIpc) is 2.02. The van der Waals surface area contributed by atoms with Crippen molar-refractivity contribution in [3.8, 4) is 0 Å².